The first-order chi connectivity index (χ1) is 8.29. The summed E-state index contributed by atoms with van der Waals surface area (Å²) in [6, 6.07) is 14.2. The predicted octanol–water partition coefficient (Wildman–Crippen LogP) is 2.13. The van der Waals surface area contributed by atoms with Crippen LogP contribution in [0.4, 0.5) is 0 Å². The minimum atomic E-state index is -0.356. The van der Waals surface area contributed by atoms with Crippen LogP contribution in [-0.4, -0.2) is 17.6 Å². The van der Waals surface area contributed by atoms with Crippen molar-refractivity contribution in [3.63, 3.8) is 0 Å². The van der Waals surface area contributed by atoms with Crippen molar-refractivity contribution in [3.8, 4) is 12.0 Å². The summed E-state index contributed by atoms with van der Waals surface area (Å²) in [5, 5.41) is 0. The lowest BCUT2D eigenvalue weighted by molar-refractivity contribution is 0.0601. The van der Waals surface area contributed by atoms with E-state index >= 15 is 0 Å². The van der Waals surface area contributed by atoms with Crippen molar-refractivity contribution in [2.45, 2.75) is 0 Å². The fraction of sp³-hybridized carbons (Fsp3) is 0.0714. The monoisotopic (exact) mass is 225 g/mol. The number of hydrogen-bond donors (Lipinski definition) is 0. The van der Waals surface area contributed by atoms with Gasteiger partial charge < -0.3 is 4.74 Å². The maximum absolute atomic E-state index is 11.2. The number of carbonyl (C=O) groups excluding carboxylic acids is 1. The fourth-order valence-corrected chi connectivity index (χ4v) is 1.36. The molecular formula is C14H11NO2. The Labute approximate surface area is 99.6 Å². The molecule has 84 valence electrons. The molecule has 3 nitrogen and oxygen atoms in total. The standard InChI is InChI=1S/C14H11NO2/c1-17-14(16)13-8-10-15(11-13)9-7-12-5-3-2-4-6-12/h2-6,8,10-11H,1H3. The predicted molar refractivity (Wildman–Crippen MR) is 64.5 cm³/mol. The lowest BCUT2D eigenvalue weighted by atomic mass is 10.2. The summed E-state index contributed by atoms with van der Waals surface area (Å²) in [7, 11) is 1.36. The second-order valence-corrected chi connectivity index (χ2v) is 3.40. The largest absolute Gasteiger partial charge is 0.465 e. The summed E-state index contributed by atoms with van der Waals surface area (Å²) >= 11 is 0. The van der Waals surface area contributed by atoms with Gasteiger partial charge in [-0.2, -0.15) is 0 Å². The van der Waals surface area contributed by atoms with Crippen molar-refractivity contribution in [2.24, 2.45) is 0 Å². The van der Waals surface area contributed by atoms with Gasteiger partial charge in [0.2, 0.25) is 0 Å². The highest BCUT2D eigenvalue weighted by Gasteiger charge is 2.05. The lowest BCUT2D eigenvalue weighted by Crippen LogP contribution is -1.98. The van der Waals surface area contributed by atoms with Gasteiger partial charge in [0.15, 0.2) is 0 Å². The zero-order valence-corrected chi connectivity index (χ0v) is 9.38. The Morgan fingerprint density at radius 2 is 2.00 bits per heavy atom. The molecule has 0 saturated carbocycles. The van der Waals surface area contributed by atoms with Gasteiger partial charge in [0.25, 0.3) is 0 Å². The second-order valence-electron chi connectivity index (χ2n) is 3.40. The van der Waals surface area contributed by atoms with E-state index in [1.54, 1.807) is 23.0 Å². The van der Waals surface area contributed by atoms with Gasteiger partial charge >= 0.3 is 5.97 Å². The van der Waals surface area contributed by atoms with Gasteiger partial charge in [-0.05, 0) is 24.1 Å². The molecule has 2 rings (SSSR count). The summed E-state index contributed by atoms with van der Waals surface area (Å²) in [5.74, 6) is 2.64. The molecule has 0 fully saturated rings. The molecule has 0 saturated heterocycles. The summed E-state index contributed by atoms with van der Waals surface area (Å²) in [4.78, 5) is 11.2. The van der Waals surface area contributed by atoms with E-state index in [1.165, 1.54) is 7.11 Å². The molecule has 17 heavy (non-hydrogen) atoms. The smallest absolute Gasteiger partial charge is 0.339 e. The molecule has 0 amide bonds. The van der Waals surface area contributed by atoms with Gasteiger partial charge in [-0.15, -0.1) is 0 Å². The van der Waals surface area contributed by atoms with Crippen LogP contribution < -0.4 is 0 Å². The highest BCUT2D eigenvalue weighted by atomic mass is 16.5. The third kappa shape index (κ3) is 2.76. The van der Waals surface area contributed by atoms with Crippen LogP contribution in [0.15, 0.2) is 48.8 Å². The second kappa shape index (κ2) is 5.04. The normalized spacial score (nSPS) is 9.24. The average Bonchev–Trinajstić information content (AvgIpc) is 2.85. The van der Waals surface area contributed by atoms with Crippen molar-refractivity contribution < 1.29 is 9.53 Å². The first-order valence-electron chi connectivity index (χ1n) is 5.13. The number of aromatic nitrogens is 1. The van der Waals surface area contributed by atoms with Crippen molar-refractivity contribution in [1.29, 1.82) is 0 Å². The third-order valence-corrected chi connectivity index (χ3v) is 2.22. The van der Waals surface area contributed by atoms with Crippen LogP contribution >= 0.6 is 0 Å². The lowest BCUT2D eigenvalue weighted by Gasteiger charge is -1.92. The summed E-state index contributed by atoms with van der Waals surface area (Å²) < 4.78 is 6.25. The first-order valence-corrected chi connectivity index (χ1v) is 5.13. The molecule has 1 aromatic carbocycles. The number of nitrogens with zero attached hydrogens (tertiary/aromatic N) is 1. The Hall–Kier alpha value is -2.47. The average molecular weight is 225 g/mol. The van der Waals surface area contributed by atoms with E-state index in [0.29, 0.717) is 5.56 Å². The van der Waals surface area contributed by atoms with Gasteiger partial charge in [-0.1, -0.05) is 18.2 Å². The molecule has 0 unspecified atom stereocenters. The van der Waals surface area contributed by atoms with E-state index in [2.05, 4.69) is 16.7 Å². The molecule has 3 heteroatoms. The number of methoxy groups -OCH3 is 1. The van der Waals surface area contributed by atoms with Crippen molar-refractivity contribution in [2.75, 3.05) is 7.11 Å². The number of rotatable bonds is 1. The number of carbonyl (C=O) groups is 1. The molecule has 0 aliphatic heterocycles. The van der Waals surface area contributed by atoms with Crippen LogP contribution in [0.25, 0.3) is 0 Å². The van der Waals surface area contributed by atoms with E-state index < -0.39 is 0 Å². The molecule has 1 heterocycles. The first kappa shape index (κ1) is 11.0. The molecule has 1 aromatic heterocycles. The van der Waals surface area contributed by atoms with Crippen LogP contribution in [0.2, 0.25) is 0 Å². The number of hydrogen-bond acceptors (Lipinski definition) is 2. The van der Waals surface area contributed by atoms with Crippen molar-refractivity contribution in [3.05, 3.63) is 59.9 Å². The van der Waals surface area contributed by atoms with Crippen LogP contribution in [0.1, 0.15) is 15.9 Å². The van der Waals surface area contributed by atoms with Crippen LogP contribution in [0, 0.1) is 12.0 Å². The van der Waals surface area contributed by atoms with E-state index in [4.69, 9.17) is 0 Å². The minimum absolute atomic E-state index is 0.356. The molecule has 0 aliphatic rings. The Morgan fingerprint density at radius 3 is 2.71 bits per heavy atom. The van der Waals surface area contributed by atoms with Gasteiger partial charge in [0.1, 0.15) is 0 Å². The van der Waals surface area contributed by atoms with E-state index in [0.717, 1.165) is 5.56 Å². The molecule has 0 aliphatic carbocycles. The highest BCUT2D eigenvalue weighted by Crippen LogP contribution is 2.02. The van der Waals surface area contributed by atoms with Gasteiger partial charge in [-0.25, -0.2) is 4.79 Å². The number of esters is 1. The molecule has 0 atom stereocenters. The van der Waals surface area contributed by atoms with E-state index in [-0.39, 0.29) is 5.97 Å². The van der Waals surface area contributed by atoms with Crippen LogP contribution in [-0.2, 0) is 4.74 Å². The third-order valence-electron chi connectivity index (χ3n) is 2.22. The number of benzene rings is 1. The Morgan fingerprint density at radius 1 is 1.24 bits per heavy atom. The Balaban J connectivity index is 2.18. The van der Waals surface area contributed by atoms with Gasteiger partial charge in [-0.3, -0.25) is 4.57 Å². The molecule has 0 spiro atoms. The van der Waals surface area contributed by atoms with Gasteiger partial charge in [0, 0.05) is 24.0 Å². The maximum atomic E-state index is 11.2. The zero-order valence-electron chi connectivity index (χ0n) is 9.38. The zero-order chi connectivity index (χ0) is 12.1. The quantitative estimate of drug-likeness (QED) is 0.550. The molecular weight excluding hydrogens is 214 g/mol. The molecule has 0 bridgehead atoms. The summed E-state index contributed by atoms with van der Waals surface area (Å²) in [5.41, 5.74) is 1.43. The van der Waals surface area contributed by atoms with Crippen molar-refractivity contribution in [1.82, 2.24) is 4.57 Å². The highest BCUT2D eigenvalue weighted by molar-refractivity contribution is 5.89. The Kier molecular flexibility index (Phi) is 3.27. The fourth-order valence-electron chi connectivity index (χ4n) is 1.36. The topological polar surface area (TPSA) is 31.2 Å². The van der Waals surface area contributed by atoms with E-state index in [1.807, 2.05) is 30.3 Å². The van der Waals surface area contributed by atoms with Crippen molar-refractivity contribution >= 4 is 5.97 Å². The summed E-state index contributed by atoms with van der Waals surface area (Å²) in [6.07, 6.45) is 3.37. The van der Waals surface area contributed by atoms with E-state index in [9.17, 15) is 4.79 Å². The van der Waals surface area contributed by atoms with Crippen LogP contribution in [0.3, 0.4) is 0 Å². The molecule has 0 N–H and O–H groups in total. The maximum Gasteiger partial charge on any atom is 0.339 e. The Bertz CT molecular complexity index is 573. The minimum Gasteiger partial charge on any atom is -0.465 e. The SMILES string of the molecule is COC(=O)c1ccn(C#Cc2ccccc2)c1. The summed E-state index contributed by atoms with van der Waals surface area (Å²) in [6.45, 7) is 0. The van der Waals surface area contributed by atoms with Crippen LogP contribution in [0.5, 0.6) is 0 Å². The number of ether oxygens (including phenoxy) is 1. The van der Waals surface area contributed by atoms with Gasteiger partial charge in [0.05, 0.1) is 12.7 Å². The molecule has 0 radical (unpaired) electrons. The molecule has 2 aromatic rings.